The van der Waals surface area contributed by atoms with Crippen molar-refractivity contribution in [1.29, 1.82) is 0 Å². The van der Waals surface area contributed by atoms with E-state index in [-0.39, 0.29) is 11.8 Å². The summed E-state index contributed by atoms with van der Waals surface area (Å²) in [6.45, 7) is 2.33. The molecule has 0 radical (unpaired) electrons. The number of likely N-dealkylation sites (tertiary alicyclic amines) is 1. The lowest BCUT2D eigenvalue weighted by Crippen LogP contribution is -2.42. The number of amides is 1. The Labute approximate surface area is 105 Å². The van der Waals surface area contributed by atoms with Crippen LogP contribution >= 0.6 is 0 Å². The molecular formula is C13H16N2O3. The molecule has 1 aromatic rings. The van der Waals surface area contributed by atoms with E-state index >= 15 is 0 Å². The van der Waals surface area contributed by atoms with Gasteiger partial charge >= 0.3 is 5.97 Å². The average molecular weight is 248 g/mol. The van der Waals surface area contributed by atoms with E-state index < -0.39 is 12.0 Å². The standard InChI is InChI=1S/C13H16N2O3/c1-8-5-6-15(11(8)13(17)18)12(16)9-3-2-4-10(14)7-9/h2-4,7-8,11H,5-6,14H2,1H3,(H,17,18). The summed E-state index contributed by atoms with van der Waals surface area (Å²) >= 11 is 0. The molecule has 0 aromatic heterocycles. The lowest BCUT2D eigenvalue weighted by atomic mass is 10.0. The summed E-state index contributed by atoms with van der Waals surface area (Å²) < 4.78 is 0. The van der Waals surface area contributed by atoms with Gasteiger partial charge in [0.1, 0.15) is 6.04 Å². The monoisotopic (exact) mass is 248 g/mol. The highest BCUT2D eigenvalue weighted by atomic mass is 16.4. The number of hydrogen-bond donors (Lipinski definition) is 2. The van der Waals surface area contributed by atoms with Crippen LogP contribution in [0.4, 0.5) is 5.69 Å². The van der Waals surface area contributed by atoms with Crippen LogP contribution in [0.5, 0.6) is 0 Å². The molecule has 3 N–H and O–H groups in total. The van der Waals surface area contributed by atoms with Gasteiger partial charge in [0.15, 0.2) is 0 Å². The van der Waals surface area contributed by atoms with Crippen molar-refractivity contribution in [1.82, 2.24) is 4.90 Å². The van der Waals surface area contributed by atoms with Gasteiger partial charge in [-0.25, -0.2) is 4.79 Å². The summed E-state index contributed by atoms with van der Waals surface area (Å²) in [7, 11) is 0. The largest absolute Gasteiger partial charge is 0.480 e. The molecule has 2 rings (SSSR count). The van der Waals surface area contributed by atoms with Gasteiger partial charge in [0, 0.05) is 17.8 Å². The topological polar surface area (TPSA) is 83.6 Å². The minimum absolute atomic E-state index is 0.0208. The zero-order valence-electron chi connectivity index (χ0n) is 10.2. The normalized spacial score (nSPS) is 23.1. The molecule has 0 saturated carbocycles. The maximum absolute atomic E-state index is 12.3. The number of carboxylic acids is 1. The molecule has 1 aliphatic rings. The third-order valence-electron chi connectivity index (χ3n) is 3.35. The second-order valence-corrected chi connectivity index (χ2v) is 4.67. The van der Waals surface area contributed by atoms with E-state index in [1.807, 2.05) is 6.92 Å². The Kier molecular flexibility index (Phi) is 3.23. The van der Waals surface area contributed by atoms with Gasteiger partial charge in [-0.2, -0.15) is 0 Å². The van der Waals surface area contributed by atoms with E-state index in [0.29, 0.717) is 24.2 Å². The highest BCUT2D eigenvalue weighted by Crippen LogP contribution is 2.26. The van der Waals surface area contributed by atoms with Crippen molar-refractivity contribution in [3.8, 4) is 0 Å². The average Bonchev–Trinajstić information content (AvgIpc) is 2.70. The zero-order valence-corrected chi connectivity index (χ0v) is 10.2. The molecule has 2 atom stereocenters. The maximum Gasteiger partial charge on any atom is 0.326 e. The summed E-state index contributed by atoms with van der Waals surface area (Å²) in [6.07, 6.45) is 0.713. The second-order valence-electron chi connectivity index (χ2n) is 4.67. The Morgan fingerprint density at radius 2 is 2.17 bits per heavy atom. The number of carbonyl (C=O) groups excluding carboxylic acids is 1. The number of carboxylic acid groups (broad SMARTS) is 1. The molecule has 5 nitrogen and oxygen atoms in total. The zero-order chi connectivity index (χ0) is 13.3. The van der Waals surface area contributed by atoms with Crippen molar-refractivity contribution >= 4 is 17.6 Å². The van der Waals surface area contributed by atoms with Crippen LogP contribution in [0.15, 0.2) is 24.3 Å². The molecule has 0 bridgehead atoms. The number of benzene rings is 1. The van der Waals surface area contributed by atoms with Crippen molar-refractivity contribution in [3.05, 3.63) is 29.8 Å². The lowest BCUT2D eigenvalue weighted by Gasteiger charge is -2.23. The third-order valence-corrected chi connectivity index (χ3v) is 3.35. The van der Waals surface area contributed by atoms with Crippen molar-refractivity contribution in [3.63, 3.8) is 0 Å². The maximum atomic E-state index is 12.3. The Morgan fingerprint density at radius 1 is 1.44 bits per heavy atom. The van der Waals surface area contributed by atoms with E-state index in [2.05, 4.69) is 0 Å². The second kappa shape index (κ2) is 4.68. The van der Waals surface area contributed by atoms with E-state index in [1.54, 1.807) is 24.3 Å². The smallest absolute Gasteiger partial charge is 0.326 e. The number of hydrogen-bond acceptors (Lipinski definition) is 3. The summed E-state index contributed by atoms with van der Waals surface area (Å²) in [4.78, 5) is 24.9. The van der Waals surface area contributed by atoms with Crippen LogP contribution in [0, 0.1) is 5.92 Å². The van der Waals surface area contributed by atoms with Crippen molar-refractivity contribution in [2.24, 2.45) is 5.92 Å². The molecule has 96 valence electrons. The van der Waals surface area contributed by atoms with Crippen LogP contribution in [-0.2, 0) is 4.79 Å². The number of aliphatic carboxylic acids is 1. The predicted molar refractivity (Wildman–Crippen MR) is 67.1 cm³/mol. The molecule has 1 saturated heterocycles. The van der Waals surface area contributed by atoms with Gasteiger partial charge in [-0.05, 0) is 30.5 Å². The predicted octanol–water partition coefficient (Wildman–Crippen LogP) is 1.20. The Balaban J connectivity index is 2.26. The van der Waals surface area contributed by atoms with Crippen molar-refractivity contribution in [2.75, 3.05) is 12.3 Å². The number of nitrogens with two attached hydrogens (primary N) is 1. The third kappa shape index (κ3) is 2.16. The minimum Gasteiger partial charge on any atom is -0.480 e. The fourth-order valence-corrected chi connectivity index (χ4v) is 2.39. The summed E-state index contributed by atoms with van der Waals surface area (Å²) in [5.74, 6) is -1.23. The summed E-state index contributed by atoms with van der Waals surface area (Å²) in [6, 6.07) is 5.87. The van der Waals surface area contributed by atoms with Gasteiger partial charge in [0.05, 0.1) is 0 Å². The van der Waals surface area contributed by atoms with Gasteiger partial charge in [-0.3, -0.25) is 4.79 Å². The molecule has 0 aliphatic carbocycles. The molecule has 1 amide bonds. The van der Waals surface area contributed by atoms with Crippen molar-refractivity contribution in [2.45, 2.75) is 19.4 Å². The van der Waals surface area contributed by atoms with E-state index in [4.69, 9.17) is 5.73 Å². The first kappa shape index (κ1) is 12.4. The number of rotatable bonds is 2. The lowest BCUT2D eigenvalue weighted by molar-refractivity contribution is -0.142. The molecule has 1 fully saturated rings. The van der Waals surface area contributed by atoms with Crippen LogP contribution in [0.2, 0.25) is 0 Å². The molecule has 2 unspecified atom stereocenters. The van der Waals surface area contributed by atoms with Gasteiger partial charge in [-0.1, -0.05) is 13.0 Å². The Hall–Kier alpha value is -2.04. The van der Waals surface area contributed by atoms with E-state index in [1.165, 1.54) is 4.90 Å². The highest BCUT2D eigenvalue weighted by Gasteiger charge is 2.39. The minimum atomic E-state index is -0.947. The first-order valence-electron chi connectivity index (χ1n) is 5.90. The van der Waals surface area contributed by atoms with Crippen LogP contribution in [-0.4, -0.2) is 34.5 Å². The quantitative estimate of drug-likeness (QED) is 0.770. The first-order valence-corrected chi connectivity index (χ1v) is 5.90. The summed E-state index contributed by atoms with van der Waals surface area (Å²) in [5, 5.41) is 9.19. The number of carbonyl (C=O) groups is 2. The van der Waals surface area contributed by atoms with Gasteiger partial charge < -0.3 is 15.7 Å². The molecule has 1 heterocycles. The summed E-state index contributed by atoms with van der Waals surface area (Å²) in [5.41, 5.74) is 6.57. The van der Waals surface area contributed by atoms with Gasteiger partial charge in [0.25, 0.3) is 5.91 Å². The van der Waals surface area contributed by atoms with Crippen LogP contribution in [0.1, 0.15) is 23.7 Å². The highest BCUT2D eigenvalue weighted by molar-refractivity contribution is 5.97. The Morgan fingerprint density at radius 3 is 2.78 bits per heavy atom. The number of nitrogens with zero attached hydrogens (tertiary/aromatic N) is 1. The van der Waals surface area contributed by atoms with Crippen LogP contribution in [0.3, 0.4) is 0 Å². The molecule has 0 spiro atoms. The number of anilines is 1. The molecule has 18 heavy (non-hydrogen) atoms. The van der Waals surface area contributed by atoms with Crippen LogP contribution in [0.25, 0.3) is 0 Å². The molecule has 5 heteroatoms. The SMILES string of the molecule is CC1CCN(C(=O)c2cccc(N)c2)C1C(=O)O. The van der Waals surface area contributed by atoms with E-state index in [0.717, 1.165) is 0 Å². The van der Waals surface area contributed by atoms with Crippen LogP contribution < -0.4 is 5.73 Å². The molecule has 1 aliphatic heterocycles. The van der Waals surface area contributed by atoms with Crippen molar-refractivity contribution < 1.29 is 14.7 Å². The fourth-order valence-electron chi connectivity index (χ4n) is 2.39. The Bertz CT molecular complexity index is 487. The molecule has 1 aromatic carbocycles. The fraction of sp³-hybridized carbons (Fsp3) is 0.385. The first-order chi connectivity index (χ1) is 8.50. The number of nitrogen functional groups attached to an aromatic ring is 1. The van der Waals surface area contributed by atoms with E-state index in [9.17, 15) is 14.7 Å². The van der Waals surface area contributed by atoms with Gasteiger partial charge in [0.2, 0.25) is 0 Å². The van der Waals surface area contributed by atoms with Gasteiger partial charge in [-0.15, -0.1) is 0 Å². The molecular weight excluding hydrogens is 232 g/mol.